The van der Waals surface area contributed by atoms with E-state index in [1.807, 2.05) is 41.4 Å². The molecule has 1 N–H and O–H groups in total. The number of piperidine rings is 1. The van der Waals surface area contributed by atoms with Gasteiger partial charge in [0.25, 0.3) is 0 Å². The Morgan fingerprint density at radius 1 is 1.16 bits per heavy atom. The Morgan fingerprint density at radius 2 is 1.94 bits per heavy atom. The summed E-state index contributed by atoms with van der Waals surface area (Å²) >= 11 is 1.54. The Balaban J connectivity index is 1.41. The second kappa shape index (κ2) is 10.00. The number of ether oxygens (including phenoxy) is 1. The van der Waals surface area contributed by atoms with Crippen molar-refractivity contribution in [2.24, 2.45) is 0 Å². The zero-order valence-electron chi connectivity index (χ0n) is 18.0. The maximum atomic E-state index is 12.3. The second-order valence-electron chi connectivity index (χ2n) is 7.56. The summed E-state index contributed by atoms with van der Waals surface area (Å²) in [6.45, 7) is 3.09. The molecule has 3 heterocycles. The van der Waals surface area contributed by atoms with Gasteiger partial charge in [-0.2, -0.15) is 5.10 Å². The molecule has 3 aromatic rings. The highest BCUT2D eigenvalue weighted by atomic mass is 32.2. The molecule has 31 heavy (non-hydrogen) atoms. The van der Waals surface area contributed by atoms with Crippen LogP contribution in [0.2, 0.25) is 0 Å². The third-order valence-electron chi connectivity index (χ3n) is 5.46. The van der Waals surface area contributed by atoms with Gasteiger partial charge in [0.15, 0.2) is 10.8 Å². The zero-order chi connectivity index (χ0) is 21.6. The third-order valence-corrected chi connectivity index (χ3v) is 6.01. The summed E-state index contributed by atoms with van der Waals surface area (Å²) in [6.07, 6.45) is 7.82. The number of aromatic nitrogens is 4. The zero-order valence-corrected chi connectivity index (χ0v) is 18.8. The molecule has 0 saturated carbocycles. The summed E-state index contributed by atoms with van der Waals surface area (Å²) in [7, 11) is 1.63. The summed E-state index contributed by atoms with van der Waals surface area (Å²) in [4.78, 5) is 24.1. The Hall–Kier alpha value is -2.81. The molecule has 4 rings (SSSR count). The van der Waals surface area contributed by atoms with Crippen molar-refractivity contribution in [1.82, 2.24) is 25.1 Å². The van der Waals surface area contributed by atoms with Crippen LogP contribution in [0, 0.1) is 0 Å². The van der Waals surface area contributed by atoms with Crippen LogP contribution < -0.4 is 15.0 Å². The fourth-order valence-electron chi connectivity index (χ4n) is 3.82. The number of thioether (sulfide) groups is 1. The van der Waals surface area contributed by atoms with Crippen LogP contribution in [0.3, 0.4) is 0 Å². The smallest absolute Gasteiger partial charge is 0.224 e. The van der Waals surface area contributed by atoms with Gasteiger partial charge in [0.05, 0.1) is 31.7 Å². The predicted molar refractivity (Wildman–Crippen MR) is 123 cm³/mol. The van der Waals surface area contributed by atoms with Gasteiger partial charge < -0.3 is 15.0 Å². The van der Waals surface area contributed by atoms with E-state index in [4.69, 9.17) is 14.7 Å². The number of amides is 1. The van der Waals surface area contributed by atoms with Crippen LogP contribution in [0.4, 0.5) is 5.82 Å². The van der Waals surface area contributed by atoms with Crippen LogP contribution in [0.25, 0.3) is 11.0 Å². The van der Waals surface area contributed by atoms with Crippen LogP contribution >= 0.6 is 11.8 Å². The molecule has 9 heteroatoms. The number of benzene rings is 1. The second-order valence-corrected chi connectivity index (χ2v) is 8.33. The summed E-state index contributed by atoms with van der Waals surface area (Å²) in [5, 5.41) is 9.24. The van der Waals surface area contributed by atoms with Crippen molar-refractivity contribution in [3.8, 4) is 5.75 Å². The maximum Gasteiger partial charge on any atom is 0.224 e. The van der Waals surface area contributed by atoms with Gasteiger partial charge in [0, 0.05) is 19.6 Å². The van der Waals surface area contributed by atoms with E-state index in [0.717, 1.165) is 46.4 Å². The Labute approximate surface area is 186 Å². The van der Waals surface area contributed by atoms with Gasteiger partial charge in [-0.25, -0.2) is 14.6 Å². The minimum Gasteiger partial charge on any atom is -0.497 e. The van der Waals surface area contributed by atoms with Gasteiger partial charge in [-0.1, -0.05) is 23.9 Å². The van der Waals surface area contributed by atoms with Gasteiger partial charge >= 0.3 is 0 Å². The van der Waals surface area contributed by atoms with Crippen molar-refractivity contribution in [1.29, 1.82) is 0 Å². The van der Waals surface area contributed by atoms with Crippen LogP contribution in [0.1, 0.15) is 24.8 Å². The molecule has 8 nitrogen and oxygen atoms in total. The molecule has 1 amide bonds. The highest BCUT2D eigenvalue weighted by Crippen LogP contribution is 2.28. The number of rotatable bonds is 8. The van der Waals surface area contributed by atoms with Crippen molar-refractivity contribution in [3.63, 3.8) is 0 Å². The number of carbonyl (C=O) groups excluding carboxylic acids is 1. The first kappa shape index (κ1) is 21.4. The standard InChI is InChI=1S/C22H28N6O2S/c1-30-17-8-6-16(7-9-17)14-19(29)23-10-13-28-21-18(15-24-28)20(25-22(26-21)31-2)27-11-4-3-5-12-27/h6-9,15H,3-5,10-14H2,1-2H3,(H,23,29). The van der Waals surface area contributed by atoms with Gasteiger partial charge in [-0.15, -0.1) is 0 Å². The first-order valence-corrected chi connectivity index (χ1v) is 11.8. The number of carbonyl (C=O) groups is 1. The maximum absolute atomic E-state index is 12.3. The molecule has 1 aromatic carbocycles. The van der Waals surface area contributed by atoms with Crippen LogP contribution in [-0.4, -0.2) is 58.7 Å². The molecule has 0 radical (unpaired) electrons. The summed E-state index contributed by atoms with van der Waals surface area (Å²) in [5.74, 6) is 1.74. The molecule has 0 aliphatic carbocycles. The minimum absolute atomic E-state index is 0.0185. The number of nitrogens with one attached hydrogen (secondary N) is 1. The summed E-state index contributed by atoms with van der Waals surface area (Å²) in [6, 6.07) is 7.54. The molecule has 164 valence electrons. The highest BCUT2D eigenvalue weighted by molar-refractivity contribution is 7.98. The average Bonchev–Trinajstić information content (AvgIpc) is 3.22. The number of hydrogen-bond donors (Lipinski definition) is 1. The summed E-state index contributed by atoms with van der Waals surface area (Å²) in [5.41, 5.74) is 1.77. The van der Waals surface area contributed by atoms with Crippen molar-refractivity contribution < 1.29 is 9.53 Å². The van der Waals surface area contributed by atoms with Gasteiger partial charge in [0.1, 0.15) is 11.6 Å². The Morgan fingerprint density at radius 3 is 2.65 bits per heavy atom. The van der Waals surface area contributed by atoms with Crippen LogP contribution in [0.5, 0.6) is 5.75 Å². The van der Waals surface area contributed by atoms with Crippen molar-refractivity contribution in [2.45, 2.75) is 37.4 Å². The minimum atomic E-state index is -0.0185. The van der Waals surface area contributed by atoms with Gasteiger partial charge in [-0.05, 0) is 43.2 Å². The van der Waals surface area contributed by atoms with Crippen LogP contribution in [-0.2, 0) is 17.8 Å². The fourth-order valence-corrected chi connectivity index (χ4v) is 4.17. The number of hydrogen-bond acceptors (Lipinski definition) is 7. The first-order valence-electron chi connectivity index (χ1n) is 10.6. The predicted octanol–water partition coefficient (Wildman–Crippen LogP) is 2.91. The normalized spacial score (nSPS) is 14.1. The molecule has 1 saturated heterocycles. The number of nitrogens with zero attached hydrogens (tertiary/aromatic N) is 5. The van der Waals surface area contributed by atoms with E-state index >= 15 is 0 Å². The van der Waals surface area contributed by atoms with E-state index in [9.17, 15) is 4.79 Å². The molecule has 2 aromatic heterocycles. The Kier molecular flexibility index (Phi) is 6.91. The van der Waals surface area contributed by atoms with Crippen molar-refractivity contribution in [3.05, 3.63) is 36.0 Å². The quantitative estimate of drug-likeness (QED) is 0.426. The lowest BCUT2D eigenvalue weighted by atomic mass is 10.1. The number of methoxy groups -OCH3 is 1. The van der Waals surface area contributed by atoms with Gasteiger partial charge in [0.2, 0.25) is 5.91 Å². The van der Waals surface area contributed by atoms with Gasteiger partial charge in [-0.3, -0.25) is 4.79 Å². The molecular formula is C22H28N6O2S. The Bertz CT molecular complexity index is 1030. The molecule has 0 atom stereocenters. The van der Waals surface area contributed by atoms with Crippen LogP contribution in [0.15, 0.2) is 35.6 Å². The fraction of sp³-hybridized carbons (Fsp3) is 0.455. The summed E-state index contributed by atoms with van der Waals surface area (Å²) < 4.78 is 7.01. The highest BCUT2D eigenvalue weighted by Gasteiger charge is 2.19. The van der Waals surface area contributed by atoms with E-state index < -0.39 is 0 Å². The van der Waals surface area contributed by atoms with E-state index in [-0.39, 0.29) is 5.91 Å². The van der Waals surface area contributed by atoms with E-state index in [1.165, 1.54) is 31.0 Å². The molecule has 0 bridgehead atoms. The molecule has 1 fully saturated rings. The van der Waals surface area contributed by atoms with E-state index in [0.29, 0.717) is 19.5 Å². The largest absolute Gasteiger partial charge is 0.497 e. The lowest BCUT2D eigenvalue weighted by molar-refractivity contribution is -0.120. The topological polar surface area (TPSA) is 85.2 Å². The molecule has 0 spiro atoms. The molecule has 1 aliphatic heterocycles. The molecular weight excluding hydrogens is 412 g/mol. The molecule has 0 unspecified atom stereocenters. The third kappa shape index (κ3) is 5.10. The lowest BCUT2D eigenvalue weighted by Gasteiger charge is -2.28. The van der Waals surface area contributed by atoms with Crippen molar-refractivity contribution >= 4 is 34.5 Å². The number of fused-ring (bicyclic) bond motifs is 1. The first-order chi connectivity index (χ1) is 15.2. The molecule has 1 aliphatic rings. The van der Waals surface area contributed by atoms with E-state index in [1.54, 1.807) is 7.11 Å². The average molecular weight is 441 g/mol. The van der Waals surface area contributed by atoms with Crippen molar-refractivity contribution in [2.75, 3.05) is 37.9 Å². The number of anilines is 1. The monoisotopic (exact) mass is 440 g/mol. The lowest BCUT2D eigenvalue weighted by Crippen LogP contribution is -2.30. The van der Waals surface area contributed by atoms with E-state index in [2.05, 4.69) is 15.3 Å². The SMILES string of the molecule is COc1ccc(CC(=O)NCCn2ncc3c(N4CCCCC4)nc(SC)nc32)cc1.